The summed E-state index contributed by atoms with van der Waals surface area (Å²) in [5.41, 5.74) is 0.451. The maximum absolute atomic E-state index is 5.85. The Bertz CT molecular complexity index is 152. The molecule has 0 saturated carbocycles. The van der Waals surface area contributed by atoms with Crippen molar-refractivity contribution < 1.29 is 0 Å². The van der Waals surface area contributed by atoms with E-state index in [1.165, 1.54) is 19.3 Å². The Morgan fingerprint density at radius 3 is 1.75 bits per heavy atom. The molecule has 0 aliphatic carbocycles. The summed E-state index contributed by atoms with van der Waals surface area (Å²) in [7, 11) is 0. The molecule has 1 rings (SSSR count). The molecule has 0 bridgehead atoms. The Morgan fingerprint density at radius 1 is 1.08 bits per heavy atom. The van der Waals surface area contributed by atoms with Crippen LogP contribution in [0.2, 0.25) is 0 Å². The topological polar surface area (TPSA) is 3.24 Å². The first-order valence-corrected chi connectivity index (χ1v) is 5.07. The van der Waals surface area contributed by atoms with Crippen LogP contribution >= 0.6 is 11.5 Å². The number of rotatable bonds is 1. The highest BCUT2D eigenvalue weighted by Gasteiger charge is 2.40. The zero-order chi connectivity index (χ0) is 9.41. The summed E-state index contributed by atoms with van der Waals surface area (Å²) in [4.78, 5) is 2.28. The molecule has 0 N–H and O–H groups in total. The lowest BCUT2D eigenvalue weighted by molar-refractivity contribution is 0.0561. The van der Waals surface area contributed by atoms with Crippen molar-refractivity contribution in [1.82, 2.24) is 4.81 Å². The summed E-state index contributed by atoms with van der Waals surface area (Å²) in [5.74, 6) is 0. The van der Waals surface area contributed by atoms with E-state index < -0.39 is 0 Å². The maximum Gasteiger partial charge on any atom is 0.336 e. The largest absolute Gasteiger partial charge is 0.336 e. The molecular weight excluding hydrogens is 168 g/mol. The van der Waals surface area contributed by atoms with E-state index in [1.807, 2.05) is 0 Å². The van der Waals surface area contributed by atoms with E-state index in [4.69, 9.17) is 11.5 Å². The molecule has 1 saturated heterocycles. The van der Waals surface area contributed by atoms with Gasteiger partial charge in [0.25, 0.3) is 0 Å². The van der Waals surface area contributed by atoms with Gasteiger partial charge < -0.3 is 4.81 Å². The van der Waals surface area contributed by atoms with Crippen molar-refractivity contribution in [2.45, 2.75) is 58.0 Å². The van der Waals surface area contributed by atoms with Crippen molar-refractivity contribution in [3.8, 4) is 0 Å². The summed E-state index contributed by atoms with van der Waals surface area (Å²) < 4.78 is 0. The zero-order valence-electron chi connectivity index (χ0n) is 8.52. The van der Waals surface area contributed by atoms with E-state index in [1.54, 1.807) is 6.83 Å². The van der Waals surface area contributed by atoms with Gasteiger partial charge in [0, 0.05) is 11.1 Å². The van der Waals surface area contributed by atoms with E-state index in [2.05, 4.69) is 32.5 Å². The van der Waals surface area contributed by atoms with E-state index in [9.17, 15) is 0 Å². The zero-order valence-corrected chi connectivity index (χ0v) is 9.28. The van der Waals surface area contributed by atoms with E-state index in [0.29, 0.717) is 0 Å². The molecule has 1 aliphatic rings. The predicted molar refractivity (Wildman–Crippen MR) is 55.5 cm³/mol. The highest BCUT2D eigenvalue weighted by molar-refractivity contribution is 6.92. The van der Waals surface area contributed by atoms with E-state index in [0.717, 1.165) is 0 Å². The quantitative estimate of drug-likeness (QED) is 0.569. The fourth-order valence-corrected chi connectivity index (χ4v) is 2.81. The van der Waals surface area contributed by atoms with E-state index >= 15 is 0 Å². The minimum absolute atomic E-state index is 0.226. The van der Waals surface area contributed by atoms with Crippen LogP contribution in [0.4, 0.5) is 0 Å². The van der Waals surface area contributed by atoms with Crippen molar-refractivity contribution in [2.75, 3.05) is 0 Å². The van der Waals surface area contributed by atoms with Crippen LogP contribution in [0.5, 0.6) is 0 Å². The Kier molecular flexibility index (Phi) is 2.80. The third-order valence-corrected chi connectivity index (χ3v) is 3.17. The number of halogens is 1. The van der Waals surface area contributed by atoms with Gasteiger partial charge >= 0.3 is 6.83 Å². The van der Waals surface area contributed by atoms with Crippen LogP contribution in [-0.4, -0.2) is 22.7 Å². The smallest absolute Gasteiger partial charge is 0.322 e. The van der Waals surface area contributed by atoms with Crippen LogP contribution in [0, 0.1) is 0 Å². The van der Waals surface area contributed by atoms with Crippen LogP contribution in [0.15, 0.2) is 0 Å². The second-order valence-electron chi connectivity index (χ2n) is 4.95. The second kappa shape index (κ2) is 3.23. The summed E-state index contributed by atoms with van der Waals surface area (Å²) in [6.07, 6.45) is 3.78. The molecule has 1 fully saturated rings. The minimum atomic E-state index is 0.226. The highest BCUT2D eigenvalue weighted by atomic mass is 35.5. The maximum atomic E-state index is 5.85. The summed E-state index contributed by atoms with van der Waals surface area (Å²) >= 11 is 5.85. The van der Waals surface area contributed by atoms with E-state index in [-0.39, 0.29) is 11.1 Å². The molecule has 0 aromatic carbocycles. The second-order valence-corrected chi connectivity index (χ2v) is 5.14. The summed E-state index contributed by atoms with van der Waals surface area (Å²) in [5, 5.41) is 0. The highest BCUT2D eigenvalue weighted by Crippen LogP contribution is 2.37. The van der Waals surface area contributed by atoms with Crippen LogP contribution in [0.1, 0.15) is 47.0 Å². The van der Waals surface area contributed by atoms with Gasteiger partial charge in [-0.25, -0.2) is 0 Å². The van der Waals surface area contributed by atoms with Crippen LogP contribution in [0.3, 0.4) is 0 Å². The van der Waals surface area contributed by atoms with Crippen LogP contribution < -0.4 is 0 Å². The molecule has 3 heteroatoms. The van der Waals surface area contributed by atoms with Gasteiger partial charge in [0.2, 0.25) is 0 Å². The number of hydrogen-bond donors (Lipinski definition) is 0. The molecule has 1 radical (unpaired) electrons. The lowest BCUT2D eigenvalue weighted by Crippen LogP contribution is -2.58. The fourth-order valence-electron chi connectivity index (χ4n) is 2.28. The Morgan fingerprint density at radius 2 is 1.50 bits per heavy atom. The predicted octanol–water partition coefficient (Wildman–Crippen LogP) is 2.80. The molecule has 1 nitrogen and oxygen atoms in total. The fraction of sp³-hybridized carbons (Fsp3) is 1.00. The molecule has 0 spiro atoms. The normalized spacial score (nSPS) is 28.4. The van der Waals surface area contributed by atoms with Gasteiger partial charge in [-0.05, 0) is 47.0 Å². The first-order chi connectivity index (χ1) is 5.40. The van der Waals surface area contributed by atoms with Crippen molar-refractivity contribution in [3.63, 3.8) is 0 Å². The molecule has 0 aromatic heterocycles. The molecule has 0 amide bonds. The molecule has 0 unspecified atom stereocenters. The average molecular weight is 187 g/mol. The monoisotopic (exact) mass is 186 g/mol. The van der Waals surface area contributed by atoms with Gasteiger partial charge in [0.1, 0.15) is 0 Å². The average Bonchev–Trinajstić information content (AvgIpc) is 1.83. The van der Waals surface area contributed by atoms with Gasteiger partial charge in [0.05, 0.1) is 0 Å². The first kappa shape index (κ1) is 10.4. The molecule has 1 heterocycles. The van der Waals surface area contributed by atoms with Gasteiger partial charge in [-0.15, -0.1) is 0 Å². The Balaban J connectivity index is 2.81. The van der Waals surface area contributed by atoms with Crippen molar-refractivity contribution in [2.24, 2.45) is 0 Å². The van der Waals surface area contributed by atoms with Gasteiger partial charge in [-0.1, -0.05) is 0 Å². The molecule has 0 atom stereocenters. The molecule has 12 heavy (non-hydrogen) atoms. The molecule has 1 aliphatic heterocycles. The standard InChI is InChI=1S/C9H18BClN/c1-8(2)6-5-7-9(3,4)12(8)10-11/h5-7H2,1-4H3. The summed E-state index contributed by atoms with van der Waals surface area (Å²) in [6.45, 7) is 10.7. The third kappa shape index (κ3) is 1.80. The van der Waals surface area contributed by atoms with Gasteiger partial charge in [0.15, 0.2) is 0 Å². The first-order valence-electron chi connectivity index (χ1n) is 4.63. The van der Waals surface area contributed by atoms with Crippen molar-refractivity contribution in [1.29, 1.82) is 0 Å². The minimum Gasteiger partial charge on any atom is -0.322 e. The number of nitrogens with zero attached hydrogens (tertiary/aromatic N) is 1. The summed E-state index contributed by atoms with van der Waals surface area (Å²) in [6, 6.07) is 0. The van der Waals surface area contributed by atoms with Gasteiger partial charge in [-0.2, -0.15) is 11.5 Å². The van der Waals surface area contributed by atoms with Crippen molar-refractivity contribution >= 4 is 18.3 Å². The Hall–Kier alpha value is 0.315. The lowest BCUT2D eigenvalue weighted by atomic mass is 9.77. The van der Waals surface area contributed by atoms with Crippen LogP contribution in [0.25, 0.3) is 0 Å². The SMILES string of the molecule is CC1(C)CCCC(C)(C)N1[B]Cl. The molecule has 69 valence electrons. The number of hydrogen-bond acceptors (Lipinski definition) is 1. The Labute approximate surface area is 81.6 Å². The van der Waals surface area contributed by atoms with Crippen LogP contribution in [-0.2, 0) is 0 Å². The van der Waals surface area contributed by atoms with Crippen molar-refractivity contribution in [3.05, 3.63) is 0 Å². The molecular formula is C9H18BClN. The third-order valence-electron chi connectivity index (χ3n) is 2.98. The molecule has 0 aromatic rings. The lowest BCUT2D eigenvalue weighted by Gasteiger charge is -2.52. The number of piperidine rings is 1. The van der Waals surface area contributed by atoms with Gasteiger partial charge in [-0.3, -0.25) is 0 Å².